The first-order valence-corrected chi connectivity index (χ1v) is 10.6. The number of aryl methyl sites for hydroxylation is 1. The van der Waals surface area contributed by atoms with Crippen molar-refractivity contribution in [2.24, 2.45) is 4.99 Å². The maximum atomic E-state index is 13.0. The number of rotatable bonds is 6. The molecule has 0 unspecified atom stereocenters. The van der Waals surface area contributed by atoms with E-state index in [1.807, 2.05) is 0 Å². The van der Waals surface area contributed by atoms with E-state index in [4.69, 9.17) is 16.0 Å². The van der Waals surface area contributed by atoms with Crippen LogP contribution in [-0.2, 0) is 24.3 Å². The van der Waals surface area contributed by atoms with Gasteiger partial charge in [-0.3, -0.25) is 14.3 Å². The Morgan fingerprint density at radius 2 is 1.88 bits per heavy atom. The van der Waals surface area contributed by atoms with Crippen molar-refractivity contribution < 1.29 is 14.3 Å². The zero-order chi connectivity index (χ0) is 23.7. The Morgan fingerprint density at radius 3 is 2.55 bits per heavy atom. The number of carboxylic acid groups (broad SMARTS) is 1. The fourth-order valence-corrected chi connectivity index (χ4v) is 3.78. The molecule has 0 saturated carbocycles. The molecule has 0 fully saturated rings. The molecule has 33 heavy (non-hydrogen) atoms. The number of nitrogens with one attached hydrogen (secondary N) is 1. The predicted molar refractivity (Wildman–Crippen MR) is 123 cm³/mol. The Morgan fingerprint density at radius 1 is 1.15 bits per heavy atom. The monoisotopic (exact) mass is 468 g/mol. The molecule has 10 heteroatoms. The second-order valence-corrected chi connectivity index (χ2v) is 7.93. The Bertz CT molecular complexity index is 1540. The number of fused-ring (bicyclic) bond motifs is 1. The summed E-state index contributed by atoms with van der Waals surface area (Å²) in [7, 11) is 0. The number of aromatic nitrogens is 3. The first-order valence-electron chi connectivity index (χ1n) is 10.2. The van der Waals surface area contributed by atoms with Gasteiger partial charge in [0, 0.05) is 22.5 Å². The third-order valence-electron chi connectivity index (χ3n) is 5.29. The molecule has 0 amide bonds. The van der Waals surface area contributed by atoms with Gasteiger partial charge in [-0.25, -0.2) is 19.1 Å². The van der Waals surface area contributed by atoms with E-state index in [0.717, 1.165) is 10.1 Å². The van der Waals surface area contributed by atoms with Crippen LogP contribution in [0.5, 0.6) is 0 Å². The minimum absolute atomic E-state index is 0.0731. The molecule has 0 aliphatic rings. The number of aromatic amines is 1. The molecule has 0 saturated heterocycles. The molecule has 4 aromatic rings. The van der Waals surface area contributed by atoms with E-state index in [1.54, 1.807) is 56.3 Å². The van der Waals surface area contributed by atoms with Crippen molar-refractivity contribution in [2.75, 3.05) is 0 Å². The lowest BCUT2D eigenvalue weighted by Crippen LogP contribution is -2.49. The molecule has 0 aliphatic carbocycles. The lowest BCUT2D eigenvalue weighted by Gasteiger charge is -2.10. The lowest BCUT2D eigenvalue weighted by atomic mass is 10.1. The third-order valence-corrected chi connectivity index (χ3v) is 5.54. The number of carboxylic acids is 1. The van der Waals surface area contributed by atoms with Crippen LogP contribution in [0.4, 0.5) is 5.69 Å². The SMILES string of the molecule is CCn1c(=O)[nH]/c(=N\c2ccc3oc(C)c(CC(=O)O)c3c2)n(Cc2ccc(Cl)cc2)c1=O. The van der Waals surface area contributed by atoms with E-state index in [0.29, 0.717) is 33.0 Å². The van der Waals surface area contributed by atoms with Gasteiger partial charge in [0.05, 0.1) is 18.7 Å². The van der Waals surface area contributed by atoms with E-state index in [1.165, 1.54) is 4.57 Å². The summed E-state index contributed by atoms with van der Waals surface area (Å²) in [6.07, 6.45) is -0.192. The lowest BCUT2D eigenvalue weighted by molar-refractivity contribution is -0.136. The Kier molecular flexibility index (Phi) is 6.06. The second kappa shape index (κ2) is 8.95. The minimum Gasteiger partial charge on any atom is -0.481 e. The molecule has 0 aliphatic heterocycles. The van der Waals surface area contributed by atoms with Gasteiger partial charge in [-0.15, -0.1) is 0 Å². The molecule has 170 valence electrons. The molecule has 0 atom stereocenters. The van der Waals surface area contributed by atoms with E-state index in [-0.39, 0.29) is 25.1 Å². The van der Waals surface area contributed by atoms with Crippen molar-refractivity contribution in [3.05, 3.63) is 91.0 Å². The smallest absolute Gasteiger partial charge is 0.335 e. The van der Waals surface area contributed by atoms with Crippen LogP contribution in [0.25, 0.3) is 11.0 Å². The summed E-state index contributed by atoms with van der Waals surface area (Å²) in [5.74, 6) is -0.460. The number of aliphatic carboxylic acids is 1. The Labute approximate surface area is 192 Å². The molecular weight excluding hydrogens is 448 g/mol. The minimum atomic E-state index is -0.976. The quantitative estimate of drug-likeness (QED) is 0.450. The first-order chi connectivity index (χ1) is 15.8. The normalized spacial score (nSPS) is 11.9. The number of hydrogen-bond acceptors (Lipinski definition) is 5. The number of furan rings is 1. The summed E-state index contributed by atoms with van der Waals surface area (Å²) in [5, 5.41) is 10.4. The fourth-order valence-electron chi connectivity index (χ4n) is 3.66. The largest absolute Gasteiger partial charge is 0.481 e. The average molecular weight is 469 g/mol. The first kappa shape index (κ1) is 22.3. The van der Waals surface area contributed by atoms with E-state index in [9.17, 15) is 19.5 Å². The standard InChI is InChI=1S/C23H21ClN4O5/c1-3-27-22(31)26-21(28(23(27)32)12-14-4-6-15(24)7-5-14)25-16-8-9-19-18(10-16)17(11-20(29)30)13(2)33-19/h4-10H,3,11-12H2,1-2H3,(H,29,30)(H,25,26,31). The molecule has 2 heterocycles. The zero-order valence-corrected chi connectivity index (χ0v) is 18.7. The van der Waals surface area contributed by atoms with Crippen LogP contribution in [0.1, 0.15) is 23.8 Å². The van der Waals surface area contributed by atoms with Gasteiger partial charge in [-0.05, 0) is 49.7 Å². The van der Waals surface area contributed by atoms with Crippen LogP contribution < -0.4 is 17.0 Å². The van der Waals surface area contributed by atoms with Crippen LogP contribution in [-0.4, -0.2) is 25.2 Å². The van der Waals surface area contributed by atoms with Crippen LogP contribution in [0.15, 0.2) is 61.5 Å². The van der Waals surface area contributed by atoms with Gasteiger partial charge in [0.15, 0.2) is 0 Å². The van der Waals surface area contributed by atoms with E-state index >= 15 is 0 Å². The molecule has 0 radical (unpaired) electrons. The number of carbonyl (C=O) groups is 1. The molecule has 4 rings (SSSR count). The van der Waals surface area contributed by atoms with Gasteiger partial charge < -0.3 is 9.52 Å². The maximum absolute atomic E-state index is 13.0. The Balaban J connectivity index is 1.90. The highest BCUT2D eigenvalue weighted by atomic mass is 35.5. The highest BCUT2D eigenvalue weighted by molar-refractivity contribution is 6.30. The van der Waals surface area contributed by atoms with Gasteiger partial charge >= 0.3 is 17.3 Å². The summed E-state index contributed by atoms with van der Waals surface area (Å²) >= 11 is 5.96. The average Bonchev–Trinajstić information content (AvgIpc) is 3.06. The van der Waals surface area contributed by atoms with Crippen LogP contribution >= 0.6 is 11.6 Å². The molecule has 9 nitrogen and oxygen atoms in total. The third kappa shape index (κ3) is 4.54. The highest BCUT2D eigenvalue weighted by Gasteiger charge is 2.15. The Hall–Kier alpha value is -3.85. The molecule has 2 aromatic heterocycles. The van der Waals surface area contributed by atoms with Crippen molar-refractivity contribution >= 4 is 34.2 Å². The summed E-state index contributed by atoms with van der Waals surface area (Å²) in [4.78, 5) is 43.9. The van der Waals surface area contributed by atoms with Gasteiger partial charge in [-0.2, -0.15) is 0 Å². The summed E-state index contributed by atoms with van der Waals surface area (Å²) < 4.78 is 8.11. The van der Waals surface area contributed by atoms with E-state index in [2.05, 4.69) is 9.98 Å². The predicted octanol–water partition coefficient (Wildman–Crippen LogP) is 2.97. The van der Waals surface area contributed by atoms with Crippen molar-refractivity contribution in [3.63, 3.8) is 0 Å². The molecule has 0 bridgehead atoms. The van der Waals surface area contributed by atoms with Crippen molar-refractivity contribution in [1.29, 1.82) is 0 Å². The topological polar surface area (TPSA) is 123 Å². The second-order valence-electron chi connectivity index (χ2n) is 7.49. The summed E-state index contributed by atoms with van der Waals surface area (Å²) in [5.41, 5.74) is 1.33. The van der Waals surface area contributed by atoms with Crippen LogP contribution in [0.3, 0.4) is 0 Å². The fraction of sp³-hybridized carbons (Fsp3) is 0.217. The number of H-pyrrole nitrogens is 1. The van der Waals surface area contributed by atoms with Gasteiger partial charge in [0.25, 0.3) is 0 Å². The van der Waals surface area contributed by atoms with Crippen molar-refractivity contribution in [1.82, 2.24) is 14.1 Å². The zero-order valence-electron chi connectivity index (χ0n) is 18.0. The number of benzene rings is 2. The molecule has 2 N–H and O–H groups in total. The van der Waals surface area contributed by atoms with Gasteiger partial charge in [0.1, 0.15) is 11.3 Å². The van der Waals surface area contributed by atoms with Gasteiger partial charge in [0.2, 0.25) is 5.62 Å². The molecule has 0 spiro atoms. The van der Waals surface area contributed by atoms with Crippen molar-refractivity contribution in [2.45, 2.75) is 33.4 Å². The van der Waals surface area contributed by atoms with Crippen LogP contribution in [0, 0.1) is 6.92 Å². The number of nitrogens with zero attached hydrogens (tertiary/aromatic N) is 3. The maximum Gasteiger partial charge on any atom is 0.335 e. The van der Waals surface area contributed by atoms with Crippen LogP contribution in [0.2, 0.25) is 5.02 Å². The number of halogens is 1. The van der Waals surface area contributed by atoms with Gasteiger partial charge in [-0.1, -0.05) is 23.7 Å². The summed E-state index contributed by atoms with van der Waals surface area (Å²) in [6.45, 7) is 3.78. The summed E-state index contributed by atoms with van der Waals surface area (Å²) in [6, 6.07) is 12.1. The highest BCUT2D eigenvalue weighted by Crippen LogP contribution is 2.29. The molecule has 2 aromatic carbocycles. The molecular formula is C23H21ClN4O5. The van der Waals surface area contributed by atoms with Crippen molar-refractivity contribution in [3.8, 4) is 0 Å². The van der Waals surface area contributed by atoms with E-state index < -0.39 is 17.3 Å². The number of hydrogen-bond donors (Lipinski definition) is 2.